The molecule has 0 aliphatic carbocycles. The molecule has 0 rings (SSSR count). The Hall–Kier alpha value is 0.170. The lowest BCUT2D eigenvalue weighted by atomic mass is 10.1. The largest absolute Gasteiger partial charge is 0.394 e. The van der Waals surface area contributed by atoms with Crippen LogP contribution in [0.1, 0.15) is 39.0 Å². The predicted octanol–water partition coefficient (Wildman–Crippen LogP) is 2.59. The van der Waals surface area contributed by atoms with Crippen LogP contribution in [0.4, 0.5) is 0 Å². The van der Waals surface area contributed by atoms with Crippen LogP contribution in [-0.2, 0) is 9.47 Å². The molecule has 1 atom stereocenters. The minimum atomic E-state index is 0.0654. The highest BCUT2D eigenvalue weighted by Crippen LogP contribution is 2.09. The van der Waals surface area contributed by atoms with Crippen LogP contribution < -0.4 is 0 Å². The third kappa shape index (κ3) is 10.7. The van der Waals surface area contributed by atoms with Crippen LogP contribution in [0.3, 0.4) is 0 Å². The minimum Gasteiger partial charge on any atom is -0.394 e. The number of alkyl halides is 1. The van der Waals surface area contributed by atoms with Gasteiger partial charge in [-0.1, -0.05) is 32.6 Å². The van der Waals surface area contributed by atoms with Gasteiger partial charge >= 0.3 is 0 Å². The van der Waals surface area contributed by atoms with Gasteiger partial charge in [0.1, 0.15) is 0 Å². The quantitative estimate of drug-likeness (QED) is 0.429. The third-order valence-electron chi connectivity index (χ3n) is 2.37. The lowest BCUT2D eigenvalue weighted by Crippen LogP contribution is -2.18. The topological polar surface area (TPSA) is 38.7 Å². The van der Waals surface area contributed by atoms with Gasteiger partial charge in [0.05, 0.1) is 32.5 Å². The first-order valence-corrected chi connectivity index (χ1v) is 6.74. The zero-order valence-corrected chi connectivity index (χ0v) is 11.0. The van der Waals surface area contributed by atoms with E-state index in [1.165, 1.54) is 25.7 Å². The smallest absolute Gasteiger partial charge is 0.0711 e. The molecule has 0 amide bonds. The fourth-order valence-corrected chi connectivity index (χ4v) is 1.69. The van der Waals surface area contributed by atoms with Gasteiger partial charge in [0.2, 0.25) is 0 Å². The third-order valence-corrected chi connectivity index (χ3v) is 2.71. The molecule has 98 valence electrons. The van der Waals surface area contributed by atoms with Gasteiger partial charge < -0.3 is 14.6 Å². The maximum absolute atomic E-state index is 8.50. The molecule has 1 N–H and O–H groups in total. The summed E-state index contributed by atoms with van der Waals surface area (Å²) in [5.74, 6) is 0.548. The van der Waals surface area contributed by atoms with Crippen molar-refractivity contribution in [1.82, 2.24) is 0 Å². The summed E-state index contributed by atoms with van der Waals surface area (Å²) in [7, 11) is 0. The van der Waals surface area contributed by atoms with Gasteiger partial charge in [-0.25, -0.2) is 0 Å². The van der Waals surface area contributed by atoms with Gasteiger partial charge in [0.25, 0.3) is 0 Å². The van der Waals surface area contributed by atoms with Gasteiger partial charge in [-0.2, -0.15) is 0 Å². The number of rotatable bonds is 12. The van der Waals surface area contributed by atoms with Gasteiger partial charge in [0.15, 0.2) is 0 Å². The average Bonchev–Trinajstić information content (AvgIpc) is 2.31. The second-order valence-electron chi connectivity index (χ2n) is 3.83. The van der Waals surface area contributed by atoms with Crippen molar-refractivity contribution in [2.75, 3.05) is 32.3 Å². The van der Waals surface area contributed by atoms with Gasteiger partial charge in [-0.3, -0.25) is 0 Å². The highest BCUT2D eigenvalue weighted by atomic mass is 35.5. The Morgan fingerprint density at radius 3 is 2.56 bits per heavy atom. The van der Waals surface area contributed by atoms with Gasteiger partial charge in [0, 0.05) is 5.88 Å². The molecule has 0 radical (unpaired) electrons. The molecule has 0 bridgehead atoms. The van der Waals surface area contributed by atoms with E-state index >= 15 is 0 Å². The molecule has 0 saturated heterocycles. The standard InChI is InChI=1S/C12H25ClO3/c1-2-3-4-5-6-12(11-13)16-10-9-15-8-7-14/h12,14H,2-11H2,1H3/t12-/m1/s1. The zero-order chi connectivity index (χ0) is 12.1. The number of halogens is 1. The van der Waals surface area contributed by atoms with E-state index in [1.807, 2.05) is 0 Å². The van der Waals surface area contributed by atoms with Crippen molar-refractivity contribution in [3.8, 4) is 0 Å². The van der Waals surface area contributed by atoms with E-state index in [0.29, 0.717) is 25.7 Å². The van der Waals surface area contributed by atoms with E-state index in [2.05, 4.69) is 6.92 Å². The van der Waals surface area contributed by atoms with Crippen molar-refractivity contribution in [3.63, 3.8) is 0 Å². The van der Waals surface area contributed by atoms with E-state index in [0.717, 1.165) is 6.42 Å². The van der Waals surface area contributed by atoms with Crippen LogP contribution >= 0.6 is 11.6 Å². The van der Waals surface area contributed by atoms with E-state index in [-0.39, 0.29) is 12.7 Å². The second-order valence-corrected chi connectivity index (χ2v) is 4.14. The molecule has 0 aliphatic heterocycles. The maximum Gasteiger partial charge on any atom is 0.0711 e. The van der Waals surface area contributed by atoms with Crippen LogP contribution in [-0.4, -0.2) is 43.5 Å². The Labute approximate surface area is 104 Å². The second kappa shape index (κ2) is 13.2. The molecule has 16 heavy (non-hydrogen) atoms. The first-order valence-electron chi connectivity index (χ1n) is 6.21. The van der Waals surface area contributed by atoms with E-state index < -0.39 is 0 Å². The average molecular weight is 253 g/mol. The number of unbranched alkanes of at least 4 members (excludes halogenated alkanes) is 3. The van der Waals surface area contributed by atoms with Crippen LogP contribution in [0, 0.1) is 0 Å². The monoisotopic (exact) mass is 252 g/mol. The Bertz CT molecular complexity index is 133. The minimum absolute atomic E-state index is 0.0654. The Kier molecular flexibility index (Phi) is 13.4. The summed E-state index contributed by atoms with van der Waals surface area (Å²) in [6, 6.07) is 0. The number of hydrogen-bond donors (Lipinski definition) is 1. The first-order chi connectivity index (χ1) is 7.85. The number of aliphatic hydroxyl groups excluding tert-OH is 1. The van der Waals surface area contributed by atoms with Crippen molar-refractivity contribution < 1.29 is 14.6 Å². The molecular formula is C12H25ClO3. The Morgan fingerprint density at radius 2 is 1.94 bits per heavy atom. The highest BCUT2D eigenvalue weighted by molar-refractivity contribution is 6.18. The summed E-state index contributed by atoms with van der Waals surface area (Å²) >= 11 is 5.81. The van der Waals surface area contributed by atoms with Gasteiger partial charge in [-0.15, -0.1) is 11.6 Å². The summed E-state index contributed by atoms with van der Waals surface area (Å²) in [6.07, 6.45) is 6.16. The number of aliphatic hydroxyl groups is 1. The molecular weight excluding hydrogens is 228 g/mol. The highest BCUT2D eigenvalue weighted by Gasteiger charge is 2.06. The molecule has 0 aromatic carbocycles. The van der Waals surface area contributed by atoms with Crippen LogP contribution in [0.2, 0.25) is 0 Å². The van der Waals surface area contributed by atoms with Crippen molar-refractivity contribution in [2.24, 2.45) is 0 Å². The fraction of sp³-hybridized carbons (Fsp3) is 1.00. The lowest BCUT2D eigenvalue weighted by Gasteiger charge is -2.15. The summed E-state index contributed by atoms with van der Waals surface area (Å²) in [6.45, 7) is 3.74. The summed E-state index contributed by atoms with van der Waals surface area (Å²) in [5.41, 5.74) is 0. The van der Waals surface area contributed by atoms with E-state index in [1.54, 1.807) is 0 Å². The summed E-state index contributed by atoms with van der Waals surface area (Å²) < 4.78 is 10.7. The number of hydrogen-bond acceptors (Lipinski definition) is 3. The molecule has 0 unspecified atom stereocenters. The number of ether oxygens (including phenoxy) is 2. The predicted molar refractivity (Wildman–Crippen MR) is 67.1 cm³/mol. The first kappa shape index (κ1) is 16.2. The van der Waals surface area contributed by atoms with Crippen LogP contribution in [0.25, 0.3) is 0 Å². The molecule has 0 aromatic heterocycles. The Morgan fingerprint density at radius 1 is 1.12 bits per heavy atom. The van der Waals surface area contributed by atoms with Crippen molar-refractivity contribution >= 4 is 11.6 Å². The molecule has 4 heteroatoms. The zero-order valence-electron chi connectivity index (χ0n) is 10.3. The Balaban J connectivity index is 3.29. The molecule has 0 heterocycles. The molecule has 0 spiro atoms. The molecule has 0 aromatic rings. The van der Waals surface area contributed by atoms with Crippen LogP contribution in [0.5, 0.6) is 0 Å². The molecule has 3 nitrogen and oxygen atoms in total. The normalized spacial score (nSPS) is 12.9. The summed E-state index contributed by atoms with van der Waals surface area (Å²) in [5, 5.41) is 8.50. The van der Waals surface area contributed by atoms with E-state index in [9.17, 15) is 0 Å². The SMILES string of the molecule is CCCCCC[C@H](CCl)OCCOCCO. The maximum atomic E-state index is 8.50. The van der Waals surface area contributed by atoms with Crippen molar-refractivity contribution in [3.05, 3.63) is 0 Å². The fourth-order valence-electron chi connectivity index (χ4n) is 1.44. The van der Waals surface area contributed by atoms with Crippen LogP contribution in [0.15, 0.2) is 0 Å². The lowest BCUT2D eigenvalue weighted by molar-refractivity contribution is 0.00203. The van der Waals surface area contributed by atoms with E-state index in [4.69, 9.17) is 26.2 Å². The molecule has 0 fully saturated rings. The van der Waals surface area contributed by atoms with Gasteiger partial charge in [-0.05, 0) is 6.42 Å². The van der Waals surface area contributed by atoms with Crippen molar-refractivity contribution in [1.29, 1.82) is 0 Å². The van der Waals surface area contributed by atoms with Crippen molar-refractivity contribution in [2.45, 2.75) is 45.1 Å². The molecule has 0 aliphatic rings. The molecule has 0 saturated carbocycles. The summed E-state index contributed by atoms with van der Waals surface area (Å²) in [4.78, 5) is 0.